The molecule has 1 aliphatic carbocycles. The zero-order chi connectivity index (χ0) is 15.2. The molecule has 1 saturated carbocycles. The zero-order valence-corrected chi connectivity index (χ0v) is 14.2. The largest absolute Gasteiger partial charge is 0.309 e. The van der Waals surface area contributed by atoms with Crippen LogP contribution in [0.15, 0.2) is 30.3 Å². The molecule has 0 aliphatic heterocycles. The van der Waals surface area contributed by atoms with Gasteiger partial charge in [0, 0.05) is 18.1 Å². The zero-order valence-electron chi connectivity index (χ0n) is 14.2. The number of likely N-dealkylation sites (N-methyl/N-ethyl adjacent to an activating group) is 2. The molecule has 0 amide bonds. The summed E-state index contributed by atoms with van der Waals surface area (Å²) in [6, 6.07) is 12.6. The fourth-order valence-electron chi connectivity index (χ4n) is 3.79. The van der Waals surface area contributed by atoms with E-state index in [1.165, 1.54) is 31.2 Å². The van der Waals surface area contributed by atoms with Crippen LogP contribution in [0.4, 0.5) is 0 Å². The molecule has 1 aromatic rings. The van der Waals surface area contributed by atoms with Gasteiger partial charge in [-0.1, -0.05) is 57.0 Å². The Hall–Kier alpha value is -0.860. The van der Waals surface area contributed by atoms with Crippen LogP contribution < -0.4 is 5.32 Å². The molecule has 2 nitrogen and oxygen atoms in total. The van der Waals surface area contributed by atoms with Crippen molar-refractivity contribution >= 4 is 0 Å². The van der Waals surface area contributed by atoms with Crippen LogP contribution in [0.3, 0.4) is 0 Å². The summed E-state index contributed by atoms with van der Waals surface area (Å²) in [5, 5.41) is 3.69. The van der Waals surface area contributed by atoms with E-state index in [9.17, 15) is 0 Å². The first kappa shape index (κ1) is 16.5. The van der Waals surface area contributed by atoms with Crippen LogP contribution in [-0.2, 0) is 0 Å². The van der Waals surface area contributed by atoms with E-state index in [0.29, 0.717) is 12.1 Å². The fraction of sp³-hybridized carbons (Fsp3) is 0.684. The molecule has 0 radical (unpaired) electrons. The Morgan fingerprint density at radius 3 is 2.57 bits per heavy atom. The molecule has 1 aliphatic rings. The van der Waals surface area contributed by atoms with Gasteiger partial charge in [0.2, 0.25) is 0 Å². The lowest BCUT2D eigenvalue weighted by Crippen LogP contribution is -2.47. The van der Waals surface area contributed by atoms with Crippen molar-refractivity contribution in [3.05, 3.63) is 35.9 Å². The molecule has 1 N–H and O–H groups in total. The molecule has 0 heterocycles. The molecule has 2 rings (SSSR count). The lowest BCUT2D eigenvalue weighted by atomic mass is 9.85. The molecule has 2 heteroatoms. The van der Waals surface area contributed by atoms with E-state index in [2.05, 4.69) is 68.4 Å². The van der Waals surface area contributed by atoms with Gasteiger partial charge in [-0.2, -0.15) is 0 Å². The molecule has 21 heavy (non-hydrogen) atoms. The van der Waals surface area contributed by atoms with Gasteiger partial charge >= 0.3 is 0 Å². The third kappa shape index (κ3) is 4.31. The summed E-state index contributed by atoms with van der Waals surface area (Å²) < 4.78 is 0. The lowest BCUT2D eigenvalue weighted by molar-refractivity contribution is 0.104. The summed E-state index contributed by atoms with van der Waals surface area (Å²) in [7, 11) is 2.32. The first-order chi connectivity index (χ1) is 10.1. The minimum atomic E-state index is 0.415. The van der Waals surface area contributed by atoms with Gasteiger partial charge in [0.25, 0.3) is 0 Å². The Labute approximate surface area is 130 Å². The Balaban J connectivity index is 2.08. The molecular formula is C19H32N2. The highest BCUT2D eigenvalue weighted by Gasteiger charge is 2.29. The van der Waals surface area contributed by atoms with E-state index < -0.39 is 0 Å². The first-order valence-electron chi connectivity index (χ1n) is 8.63. The fourth-order valence-corrected chi connectivity index (χ4v) is 3.79. The van der Waals surface area contributed by atoms with Crippen molar-refractivity contribution in [1.82, 2.24) is 10.2 Å². The van der Waals surface area contributed by atoms with Crippen LogP contribution >= 0.6 is 0 Å². The minimum Gasteiger partial charge on any atom is -0.309 e. The van der Waals surface area contributed by atoms with Crippen LogP contribution in [0.5, 0.6) is 0 Å². The maximum absolute atomic E-state index is 3.69. The van der Waals surface area contributed by atoms with Gasteiger partial charge in [-0.25, -0.2) is 0 Å². The Kier molecular flexibility index (Phi) is 6.25. The monoisotopic (exact) mass is 288 g/mol. The van der Waals surface area contributed by atoms with Crippen molar-refractivity contribution < 1.29 is 0 Å². The predicted octanol–water partition coefficient (Wildman–Crippen LogP) is 4.24. The summed E-state index contributed by atoms with van der Waals surface area (Å²) in [6.45, 7) is 7.99. The van der Waals surface area contributed by atoms with Crippen LogP contribution in [0.1, 0.15) is 58.1 Å². The average molecular weight is 288 g/mol. The van der Waals surface area contributed by atoms with E-state index in [4.69, 9.17) is 0 Å². The third-order valence-corrected chi connectivity index (χ3v) is 5.19. The number of hydrogen-bond acceptors (Lipinski definition) is 2. The molecule has 0 aromatic heterocycles. The van der Waals surface area contributed by atoms with Crippen molar-refractivity contribution in [3.63, 3.8) is 0 Å². The van der Waals surface area contributed by atoms with E-state index in [1.807, 2.05) is 0 Å². The van der Waals surface area contributed by atoms with Crippen molar-refractivity contribution in [2.45, 2.75) is 64.6 Å². The average Bonchev–Trinajstić information content (AvgIpc) is 2.52. The minimum absolute atomic E-state index is 0.415. The van der Waals surface area contributed by atoms with Gasteiger partial charge in [0.1, 0.15) is 0 Å². The maximum Gasteiger partial charge on any atom is 0.0475 e. The number of benzene rings is 1. The highest BCUT2D eigenvalue weighted by molar-refractivity contribution is 5.20. The van der Waals surface area contributed by atoms with Gasteiger partial charge in [-0.05, 0) is 44.8 Å². The van der Waals surface area contributed by atoms with Gasteiger partial charge in [0.05, 0.1) is 0 Å². The first-order valence-corrected chi connectivity index (χ1v) is 8.63. The van der Waals surface area contributed by atoms with E-state index in [-0.39, 0.29) is 0 Å². The molecule has 0 bridgehead atoms. The number of hydrogen-bond donors (Lipinski definition) is 1. The summed E-state index contributed by atoms with van der Waals surface area (Å²) in [5.41, 5.74) is 1.41. The van der Waals surface area contributed by atoms with Crippen LogP contribution in [0.25, 0.3) is 0 Å². The van der Waals surface area contributed by atoms with Gasteiger partial charge < -0.3 is 5.32 Å². The van der Waals surface area contributed by atoms with Crippen LogP contribution in [-0.4, -0.2) is 30.6 Å². The lowest BCUT2D eigenvalue weighted by Gasteiger charge is -2.41. The normalized spacial score (nSPS) is 25.8. The number of nitrogens with one attached hydrogen (secondary N) is 1. The molecule has 4 atom stereocenters. The van der Waals surface area contributed by atoms with Crippen LogP contribution in [0.2, 0.25) is 0 Å². The molecule has 1 aromatic carbocycles. The SMILES string of the molecule is CCNC(c1ccccc1)C(C)N(C)C1CCCC(C)C1. The summed E-state index contributed by atoms with van der Waals surface area (Å²) in [4.78, 5) is 2.62. The summed E-state index contributed by atoms with van der Waals surface area (Å²) in [5.74, 6) is 0.882. The Morgan fingerprint density at radius 1 is 1.24 bits per heavy atom. The van der Waals surface area contributed by atoms with E-state index in [1.54, 1.807) is 0 Å². The highest BCUT2D eigenvalue weighted by atomic mass is 15.2. The quantitative estimate of drug-likeness (QED) is 0.842. The Bertz CT molecular complexity index is 403. The highest BCUT2D eigenvalue weighted by Crippen LogP contribution is 2.30. The summed E-state index contributed by atoms with van der Waals surface area (Å²) in [6.07, 6.45) is 5.52. The topological polar surface area (TPSA) is 15.3 Å². The molecule has 118 valence electrons. The van der Waals surface area contributed by atoms with Gasteiger partial charge in [-0.3, -0.25) is 4.90 Å². The number of nitrogens with zero attached hydrogens (tertiary/aromatic N) is 1. The van der Waals surface area contributed by atoms with Crippen molar-refractivity contribution in [2.75, 3.05) is 13.6 Å². The second-order valence-electron chi connectivity index (χ2n) is 6.78. The standard InChI is InChI=1S/C19H32N2/c1-5-20-19(17-11-7-6-8-12-17)16(3)21(4)18-13-9-10-15(2)14-18/h6-8,11-12,15-16,18-20H,5,9-10,13-14H2,1-4H3. The summed E-state index contributed by atoms with van der Waals surface area (Å²) >= 11 is 0. The molecule has 4 unspecified atom stereocenters. The van der Waals surface area contributed by atoms with E-state index in [0.717, 1.165) is 18.5 Å². The Morgan fingerprint density at radius 2 is 1.95 bits per heavy atom. The van der Waals surface area contributed by atoms with Gasteiger partial charge in [0.15, 0.2) is 0 Å². The predicted molar refractivity (Wildman–Crippen MR) is 91.5 cm³/mol. The van der Waals surface area contributed by atoms with Crippen molar-refractivity contribution in [1.29, 1.82) is 0 Å². The van der Waals surface area contributed by atoms with Gasteiger partial charge in [-0.15, -0.1) is 0 Å². The number of rotatable bonds is 6. The molecule has 0 spiro atoms. The molecular weight excluding hydrogens is 256 g/mol. The van der Waals surface area contributed by atoms with Crippen LogP contribution in [0, 0.1) is 5.92 Å². The van der Waals surface area contributed by atoms with Crippen molar-refractivity contribution in [2.24, 2.45) is 5.92 Å². The maximum atomic E-state index is 3.69. The second kappa shape index (κ2) is 7.95. The second-order valence-corrected chi connectivity index (χ2v) is 6.78. The smallest absolute Gasteiger partial charge is 0.0475 e. The molecule has 1 fully saturated rings. The van der Waals surface area contributed by atoms with Crippen molar-refractivity contribution in [3.8, 4) is 0 Å². The van der Waals surface area contributed by atoms with E-state index >= 15 is 0 Å². The third-order valence-electron chi connectivity index (χ3n) is 5.19. The molecule has 0 saturated heterocycles.